The van der Waals surface area contributed by atoms with Gasteiger partial charge in [-0.15, -0.1) is 0 Å². The Hall–Kier alpha value is -4.15. The van der Waals surface area contributed by atoms with Crippen molar-refractivity contribution in [2.24, 2.45) is 0 Å². The van der Waals surface area contributed by atoms with Crippen LogP contribution in [0.5, 0.6) is 5.75 Å². The number of methoxy groups -OCH3 is 1. The Morgan fingerprint density at radius 2 is 1.94 bits per heavy atom. The highest BCUT2D eigenvalue weighted by Gasteiger charge is 2.23. The Bertz CT molecular complexity index is 1250. The first-order chi connectivity index (χ1) is 16.9. The minimum Gasteiger partial charge on any atom is -0.482 e. The number of hydrogen-bond donors (Lipinski definition) is 2. The van der Waals surface area contributed by atoms with E-state index in [1.807, 2.05) is 0 Å². The highest BCUT2D eigenvalue weighted by atomic mass is 19.1. The zero-order valence-corrected chi connectivity index (χ0v) is 21.1. The summed E-state index contributed by atoms with van der Waals surface area (Å²) < 4.78 is 29.9. The Labute approximate surface area is 208 Å². The van der Waals surface area contributed by atoms with Crippen LogP contribution in [0.3, 0.4) is 0 Å². The molecule has 1 unspecified atom stereocenters. The number of carbonyl (C=O) groups is 2. The molecule has 2 heterocycles. The van der Waals surface area contributed by atoms with Gasteiger partial charge in [0.2, 0.25) is 0 Å². The number of nitrogens with zero attached hydrogens (tertiary/aromatic N) is 3. The van der Waals surface area contributed by atoms with Gasteiger partial charge in [-0.1, -0.05) is 6.07 Å². The molecule has 0 saturated heterocycles. The summed E-state index contributed by atoms with van der Waals surface area (Å²) in [6.07, 6.45) is 2.01. The van der Waals surface area contributed by atoms with Gasteiger partial charge < -0.3 is 24.8 Å². The predicted octanol–water partition coefficient (Wildman–Crippen LogP) is 4.49. The standard InChI is InChI=1S/C25H30FN5O5/c1-14(18-8-7-17(26)10-19(18)23(32)34-6)35-20-9-15(11-28-22(20)27)21-16(12-29-30-21)13-31(5)24(33)36-25(2,3)4/h7-12,14H,13H2,1-6H3,(H2,27,28)(H,29,30). The molecular formula is C25H30FN5O5. The Kier molecular flexibility index (Phi) is 7.81. The average molecular weight is 500 g/mol. The largest absolute Gasteiger partial charge is 0.482 e. The second-order valence-corrected chi connectivity index (χ2v) is 9.20. The number of carbonyl (C=O) groups excluding carboxylic acids is 2. The fraction of sp³-hybridized carbons (Fsp3) is 0.360. The lowest BCUT2D eigenvalue weighted by Gasteiger charge is -2.24. The second kappa shape index (κ2) is 10.6. The molecule has 11 heteroatoms. The summed E-state index contributed by atoms with van der Waals surface area (Å²) in [7, 11) is 2.85. The molecule has 36 heavy (non-hydrogen) atoms. The molecule has 0 radical (unpaired) electrons. The van der Waals surface area contributed by atoms with Crippen molar-refractivity contribution >= 4 is 17.9 Å². The number of aromatic nitrogens is 3. The molecule has 0 bridgehead atoms. The third kappa shape index (κ3) is 6.29. The van der Waals surface area contributed by atoms with Gasteiger partial charge in [0.05, 0.1) is 31.1 Å². The molecule has 0 aliphatic heterocycles. The van der Waals surface area contributed by atoms with E-state index in [4.69, 9.17) is 19.9 Å². The van der Waals surface area contributed by atoms with Crippen molar-refractivity contribution in [3.8, 4) is 17.0 Å². The maximum Gasteiger partial charge on any atom is 0.410 e. The fourth-order valence-electron chi connectivity index (χ4n) is 3.45. The number of esters is 1. The number of nitrogen functional groups attached to an aromatic ring is 1. The SMILES string of the molecule is COC(=O)c1cc(F)ccc1C(C)Oc1cc(-c2[nH]ncc2CN(C)C(=O)OC(C)(C)C)cnc1N. The van der Waals surface area contributed by atoms with Gasteiger partial charge in [0.1, 0.15) is 17.5 Å². The highest BCUT2D eigenvalue weighted by Crippen LogP contribution is 2.32. The lowest BCUT2D eigenvalue weighted by Crippen LogP contribution is -2.33. The van der Waals surface area contributed by atoms with Crippen molar-refractivity contribution in [3.05, 3.63) is 59.2 Å². The summed E-state index contributed by atoms with van der Waals surface area (Å²) in [6, 6.07) is 5.46. The zero-order valence-electron chi connectivity index (χ0n) is 21.1. The quantitative estimate of drug-likeness (QED) is 0.455. The van der Waals surface area contributed by atoms with Crippen LogP contribution in [-0.2, 0) is 16.0 Å². The van der Waals surface area contributed by atoms with E-state index in [9.17, 15) is 14.0 Å². The molecule has 1 atom stereocenters. The Balaban J connectivity index is 1.85. The molecule has 3 aromatic rings. The molecule has 0 aliphatic carbocycles. The molecule has 0 saturated carbocycles. The number of benzene rings is 1. The number of H-pyrrole nitrogens is 1. The van der Waals surface area contributed by atoms with E-state index in [0.717, 1.165) is 11.6 Å². The average Bonchev–Trinajstić information content (AvgIpc) is 3.26. The third-order valence-corrected chi connectivity index (χ3v) is 5.16. The first kappa shape index (κ1) is 26.5. The zero-order chi connectivity index (χ0) is 26.6. The van der Waals surface area contributed by atoms with Crippen LogP contribution in [-0.4, -0.2) is 51.9 Å². The number of nitrogens with two attached hydrogens (primary N) is 1. The van der Waals surface area contributed by atoms with Crippen molar-refractivity contribution in [1.82, 2.24) is 20.1 Å². The van der Waals surface area contributed by atoms with Crippen LogP contribution in [0.4, 0.5) is 15.0 Å². The fourth-order valence-corrected chi connectivity index (χ4v) is 3.45. The summed E-state index contributed by atoms with van der Waals surface area (Å²) in [4.78, 5) is 30.2. The number of ether oxygens (including phenoxy) is 3. The maximum absolute atomic E-state index is 13.7. The second-order valence-electron chi connectivity index (χ2n) is 9.20. The predicted molar refractivity (Wildman–Crippen MR) is 131 cm³/mol. The number of aromatic amines is 1. The minimum absolute atomic E-state index is 0.0497. The normalized spacial score (nSPS) is 12.1. The van der Waals surface area contributed by atoms with E-state index < -0.39 is 29.6 Å². The molecule has 1 aromatic carbocycles. The number of nitrogens with one attached hydrogen (secondary N) is 1. The Morgan fingerprint density at radius 3 is 2.61 bits per heavy atom. The van der Waals surface area contributed by atoms with Gasteiger partial charge in [-0.25, -0.2) is 19.0 Å². The molecule has 3 N–H and O–H groups in total. The molecule has 0 fully saturated rings. The molecule has 0 aliphatic rings. The molecule has 10 nitrogen and oxygen atoms in total. The summed E-state index contributed by atoms with van der Waals surface area (Å²) in [5, 5.41) is 7.02. The molecular weight excluding hydrogens is 469 g/mol. The number of halogens is 1. The molecule has 0 spiro atoms. The summed E-state index contributed by atoms with van der Waals surface area (Å²) in [6.45, 7) is 7.32. The van der Waals surface area contributed by atoms with Crippen LogP contribution in [0.25, 0.3) is 11.3 Å². The van der Waals surface area contributed by atoms with Crippen LogP contribution in [0.15, 0.2) is 36.7 Å². The van der Waals surface area contributed by atoms with E-state index in [-0.39, 0.29) is 23.7 Å². The summed E-state index contributed by atoms with van der Waals surface area (Å²) in [5.41, 5.74) is 7.86. The summed E-state index contributed by atoms with van der Waals surface area (Å²) >= 11 is 0. The smallest absolute Gasteiger partial charge is 0.410 e. The van der Waals surface area contributed by atoms with Gasteiger partial charge in [-0.05, 0) is 45.9 Å². The van der Waals surface area contributed by atoms with Gasteiger partial charge in [0.15, 0.2) is 11.6 Å². The van der Waals surface area contributed by atoms with Gasteiger partial charge in [0, 0.05) is 29.9 Å². The van der Waals surface area contributed by atoms with Crippen LogP contribution < -0.4 is 10.5 Å². The lowest BCUT2D eigenvalue weighted by atomic mass is 10.0. The monoisotopic (exact) mass is 499 g/mol. The van der Waals surface area contributed by atoms with Crippen LogP contribution >= 0.6 is 0 Å². The number of amides is 1. The first-order valence-corrected chi connectivity index (χ1v) is 11.2. The van der Waals surface area contributed by atoms with Crippen molar-refractivity contribution in [3.63, 3.8) is 0 Å². The Morgan fingerprint density at radius 1 is 1.22 bits per heavy atom. The van der Waals surface area contributed by atoms with E-state index in [1.54, 1.807) is 53.2 Å². The van der Waals surface area contributed by atoms with Gasteiger partial charge in [0.25, 0.3) is 0 Å². The first-order valence-electron chi connectivity index (χ1n) is 11.2. The molecule has 3 rings (SSSR count). The van der Waals surface area contributed by atoms with E-state index in [2.05, 4.69) is 15.2 Å². The van der Waals surface area contributed by atoms with Crippen LogP contribution in [0.1, 0.15) is 55.3 Å². The molecule has 192 valence electrons. The van der Waals surface area contributed by atoms with Crippen LogP contribution in [0, 0.1) is 5.82 Å². The van der Waals surface area contributed by atoms with Crippen molar-refractivity contribution in [2.75, 3.05) is 19.9 Å². The van der Waals surface area contributed by atoms with E-state index in [0.29, 0.717) is 16.8 Å². The number of pyridine rings is 1. The lowest BCUT2D eigenvalue weighted by molar-refractivity contribution is 0.0285. The van der Waals surface area contributed by atoms with Crippen LogP contribution in [0.2, 0.25) is 0 Å². The van der Waals surface area contributed by atoms with Gasteiger partial charge >= 0.3 is 12.1 Å². The topological polar surface area (TPSA) is 133 Å². The van der Waals surface area contributed by atoms with Crippen molar-refractivity contribution in [2.45, 2.75) is 45.9 Å². The maximum atomic E-state index is 13.7. The molecule has 2 aromatic heterocycles. The van der Waals surface area contributed by atoms with Gasteiger partial charge in [-0.3, -0.25) is 5.10 Å². The van der Waals surface area contributed by atoms with Crippen molar-refractivity contribution < 1.29 is 28.2 Å². The number of hydrogen-bond acceptors (Lipinski definition) is 8. The van der Waals surface area contributed by atoms with Gasteiger partial charge in [-0.2, -0.15) is 5.10 Å². The number of anilines is 1. The minimum atomic E-state index is -0.684. The van der Waals surface area contributed by atoms with E-state index >= 15 is 0 Å². The third-order valence-electron chi connectivity index (χ3n) is 5.16. The highest BCUT2D eigenvalue weighted by molar-refractivity contribution is 5.91. The van der Waals surface area contributed by atoms with Crippen molar-refractivity contribution in [1.29, 1.82) is 0 Å². The van der Waals surface area contributed by atoms with E-state index in [1.165, 1.54) is 24.1 Å². The molecule has 1 amide bonds. The summed E-state index contributed by atoms with van der Waals surface area (Å²) in [5.74, 6) is -0.880. The number of rotatable bonds is 7.